The molecule has 1 fully saturated rings. The zero-order chi connectivity index (χ0) is 20.1. The summed E-state index contributed by atoms with van der Waals surface area (Å²) in [5.41, 5.74) is 0. The van der Waals surface area contributed by atoms with Crippen molar-refractivity contribution in [2.75, 3.05) is 40.5 Å². The van der Waals surface area contributed by atoms with Crippen LogP contribution in [0, 0.1) is 0 Å². The minimum Gasteiger partial charge on any atom is -0.493 e. The largest absolute Gasteiger partial charge is 0.493 e. The number of rotatable bonds is 8. The Bertz CT molecular complexity index is 551. The number of ether oxygens (including phenoxy) is 3. The van der Waals surface area contributed by atoms with E-state index in [-0.39, 0.29) is 0 Å². The fourth-order valence-corrected chi connectivity index (χ4v) is 2.75. The van der Waals surface area contributed by atoms with E-state index >= 15 is 0 Å². The van der Waals surface area contributed by atoms with Crippen molar-refractivity contribution >= 4 is 11.9 Å². The first kappa shape index (κ1) is 22.6. The first-order valence-electron chi connectivity index (χ1n) is 9.02. The monoisotopic (exact) mass is 383 g/mol. The summed E-state index contributed by atoms with van der Waals surface area (Å²) in [6.07, 6.45) is 6.34. The maximum absolute atomic E-state index is 9.10. The van der Waals surface area contributed by atoms with Gasteiger partial charge in [0.2, 0.25) is 5.75 Å². The highest BCUT2D eigenvalue weighted by atomic mass is 16.5. The van der Waals surface area contributed by atoms with E-state index in [1.807, 2.05) is 18.2 Å². The smallest absolute Gasteiger partial charge is 0.414 e. The fraction of sp³-hybridized carbons (Fsp3) is 0.579. The summed E-state index contributed by atoms with van der Waals surface area (Å²) in [7, 11) is 3.30. The molecule has 1 heterocycles. The zero-order valence-corrected chi connectivity index (χ0v) is 16.0. The lowest BCUT2D eigenvalue weighted by Crippen LogP contribution is -2.30. The molecule has 1 aromatic rings. The molecular weight excluding hydrogens is 354 g/mol. The van der Waals surface area contributed by atoms with Crippen molar-refractivity contribution in [2.45, 2.75) is 32.1 Å². The van der Waals surface area contributed by atoms with Crippen LogP contribution >= 0.6 is 0 Å². The van der Waals surface area contributed by atoms with Crippen LogP contribution in [0.1, 0.15) is 32.1 Å². The molecule has 1 saturated heterocycles. The van der Waals surface area contributed by atoms with Gasteiger partial charge in [-0.2, -0.15) is 0 Å². The molecule has 0 radical (unpaired) electrons. The number of hydrogen-bond donors (Lipinski definition) is 2. The van der Waals surface area contributed by atoms with Gasteiger partial charge in [0.25, 0.3) is 0 Å². The SMILES string of the molecule is COc1cccc(OC)c1OCCCCN1CCCCC1.O=C(O)C(=O)O. The molecule has 0 saturated carbocycles. The maximum atomic E-state index is 9.10. The maximum Gasteiger partial charge on any atom is 0.414 e. The van der Waals surface area contributed by atoms with Crippen LogP contribution in [0.25, 0.3) is 0 Å². The van der Waals surface area contributed by atoms with Gasteiger partial charge in [0.15, 0.2) is 11.5 Å². The van der Waals surface area contributed by atoms with Crippen LogP contribution in [0.4, 0.5) is 0 Å². The predicted molar refractivity (Wildman–Crippen MR) is 99.8 cm³/mol. The summed E-state index contributed by atoms with van der Waals surface area (Å²) < 4.78 is 16.5. The van der Waals surface area contributed by atoms with Crippen LogP contribution in [0.2, 0.25) is 0 Å². The third kappa shape index (κ3) is 8.63. The van der Waals surface area contributed by atoms with Gasteiger partial charge in [-0.05, 0) is 57.5 Å². The van der Waals surface area contributed by atoms with Crippen molar-refractivity contribution in [2.24, 2.45) is 0 Å². The van der Waals surface area contributed by atoms with Crippen molar-refractivity contribution in [3.8, 4) is 17.2 Å². The molecule has 0 aromatic heterocycles. The van der Waals surface area contributed by atoms with Crippen molar-refractivity contribution in [1.82, 2.24) is 4.90 Å². The molecule has 0 unspecified atom stereocenters. The normalized spacial score (nSPS) is 13.9. The molecule has 8 nitrogen and oxygen atoms in total. The first-order chi connectivity index (χ1) is 13.0. The Morgan fingerprint density at radius 2 is 1.52 bits per heavy atom. The molecule has 1 aliphatic rings. The number of likely N-dealkylation sites (tertiary alicyclic amines) is 1. The van der Waals surface area contributed by atoms with Crippen LogP contribution < -0.4 is 14.2 Å². The number of para-hydroxylation sites is 1. The predicted octanol–water partition coefficient (Wildman–Crippen LogP) is 2.50. The number of carbonyl (C=O) groups is 2. The lowest BCUT2D eigenvalue weighted by molar-refractivity contribution is -0.159. The number of piperidine rings is 1. The van der Waals surface area contributed by atoms with Gasteiger partial charge in [0, 0.05) is 0 Å². The van der Waals surface area contributed by atoms with Gasteiger partial charge in [-0.15, -0.1) is 0 Å². The molecule has 2 rings (SSSR count). The molecule has 8 heteroatoms. The second-order valence-corrected chi connectivity index (χ2v) is 6.06. The van der Waals surface area contributed by atoms with E-state index < -0.39 is 11.9 Å². The highest BCUT2D eigenvalue weighted by Gasteiger charge is 2.12. The second kappa shape index (κ2) is 12.8. The number of unbranched alkanes of at least 4 members (excludes halogenated alkanes) is 1. The van der Waals surface area contributed by atoms with Gasteiger partial charge in [-0.3, -0.25) is 0 Å². The molecular formula is C19H29NO7. The molecule has 27 heavy (non-hydrogen) atoms. The average Bonchev–Trinajstić information content (AvgIpc) is 2.68. The number of benzene rings is 1. The molecule has 0 atom stereocenters. The van der Waals surface area contributed by atoms with E-state index in [9.17, 15) is 0 Å². The first-order valence-corrected chi connectivity index (χ1v) is 9.02. The summed E-state index contributed by atoms with van der Waals surface area (Å²) in [6.45, 7) is 4.42. The molecule has 152 valence electrons. The van der Waals surface area contributed by atoms with Gasteiger partial charge in [-0.25, -0.2) is 9.59 Å². The number of aliphatic carboxylic acids is 2. The summed E-state index contributed by atoms with van der Waals surface area (Å²) in [4.78, 5) is 20.8. The summed E-state index contributed by atoms with van der Waals surface area (Å²) in [5, 5.41) is 14.8. The van der Waals surface area contributed by atoms with Gasteiger partial charge in [0.1, 0.15) is 0 Å². The quantitative estimate of drug-likeness (QED) is 0.521. The van der Waals surface area contributed by atoms with Crippen LogP contribution in [0.3, 0.4) is 0 Å². The topological polar surface area (TPSA) is 106 Å². The van der Waals surface area contributed by atoms with Crippen molar-refractivity contribution < 1.29 is 34.0 Å². The molecule has 1 aromatic carbocycles. The number of carboxylic acid groups (broad SMARTS) is 2. The zero-order valence-electron chi connectivity index (χ0n) is 16.0. The Kier molecular flexibility index (Phi) is 10.7. The third-order valence-corrected chi connectivity index (χ3v) is 4.13. The van der Waals surface area contributed by atoms with E-state index in [0.717, 1.165) is 17.9 Å². The minimum atomic E-state index is -1.82. The van der Waals surface area contributed by atoms with E-state index in [1.165, 1.54) is 45.3 Å². The molecule has 0 amide bonds. The van der Waals surface area contributed by atoms with Crippen LogP contribution in [0.5, 0.6) is 17.2 Å². The van der Waals surface area contributed by atoms with Gasteiger partial charge >= 0.3 is 11.9 Å². The molecule has 0 spiro atoms. The number of carboxylic acids is 2. The Hall–Kier alpha value is -2.48. The lowest BCUT2D eigenvalue weighted by atomic mass is 10.1. The molecule has 1 aliphatic heterocycles. The van der Waals surface area contributed by atoms with Crippen molar-refractivity contribution in [3.05, 3.63) is 18.2 Å². The van der Waals surface area contributed by atoms with Crippen LogP contribution in [-0.4, -0.2) is 67.5 Å². The Balaban J connectivity index is 0.000000527. The minimum absolute atomic E-state index is 0.699. The van der Waals surface area contributed by atoms with E-state index in [1.54, 1.807) is 14.2 Å². The molecule has 0 aliphatic carbocycles. The Morgan fingerprint density at radius 3 is 2.00 bits per heavy atom. The van der Waals surface area contributed by atoms with Crippen LogP contribution in [0.15, 0.2) is 18.2 Å². The summed E-state index contributed by atoms with van der Waals surface area (Å²) >= 11 is 0. The standard InChI is InChI=1S/C17H27NO3.C2H2O4/c1-19-15-9-8-10-16(20-2)17(15)21-14-7-6-13-18-11-4-3-5-12-18;3-1(4)2(5)6/h8-10H,3-7,11-14H2,1-2H3;(H,3,4)(H,5,6). The highest BCUT2D eigenvalue weighted by Crippen LogP contribution is 2.36. The van der Waals surface area contributed by atoms with E-state index in [0.29, 0.717) is 12.4 Å². The number of methoxy groups -OCH3 is 2. The molecule has 0 bridgehead atoms. The highest BCUT2D eigenvalue weighted by molar-refractivity contribution is 6.27. The average molecular weight is 383 g/mol. The third-order valence-electron chi connectivity index (χ3n) is 4.13. The van der Waals surface area contributed by atoms with Gasteiger partial charge < -0.3 is 29.3 Å². The van der Waals surface area contributed by atoms with Gasteiger partial charge in [0.05, 0.1) is 20.8 Å². The molecule has 2 N–H and O–H groups in total. The Morgan fingerprint density at radius 1 is 0.963 bits per heavy atom. The van der Waals surface area contributed by atoms with Crippen molar-refractivity contribution in [3.63, 3.8) is 0 Å². The van der Waals surface area contributed by atoms with Gasteiger partial charge in [-0.1, -0.05) is 12.5 Å². The lowest BCUT2D eigenvalue weighted by Gasteiger charge is -2.26. The Labute approximate surface area is 159 Å². The summed E-state index contributed by atoms with van der Waals surface area (Å²) in [6, 6.07) is 5.69. The van der Waals surface area contributed by atoms with Crippen LogP contribution in [-0.2, 0) is 9.59 Å². The van der Waals surface area contributed by atoms with Crippen molar-refractivity contribution in [1.29, 1.82) is 0 Å². The van der Waals surface area contributed by atoms with E-state index in [2.05, 4.69) is 4.90 Å². The number of nitrogens with zero attached hydrogens (tertiary/aromatic N) is 1. The number of hydrogen-bond acceptors (Lipinski definition) is 6. The second-order valence-electron chi connectivity index (χ2n) is 6.06. The fourth-order valence-electron chi connectivity index (χ4n) is 2.75. The van der Waals surface area contributed by atoms with E-state index in [4.69, 9.17) is 34.0 Å². The summed E-state index contributed by atoms with van der Waals surface area (Å²) in [5.74, 6) is -1.48.